The summed E-state index contributed by atoms with van der Waals surface area (Å²) in [4.78, 5) is 14.9. The Morgan fingerprint density at radius 2 is 1.32 bits per heavy atom. The van der Waals surface area contributed by atoms with E-state index in [2.05, 4.69) is 0 Å². The van der Waals surface area contributed by atoms with E-state index in [0.29, 0.717) is 12.8 Å². The van der Waals surface area contributed by atoms with Crippen molar-refractivity contribution in [1.82, 2.24) is 9.80 Å². The van der Waals surface area contributed by atoms with E-state index in [-0.39, 0.29) is 25.3 Å². The van der Waals surface area contributed by atoms with Gasteiger partial charge in [0.05, 0.1) is 25.3 Å². The van der Waals surface area contributed by atoms with Gasteiger partial charge in [-0.25, -0.2) is 13.6 Å². The van der Waals surface area contributed by atoms with Gasteiger partial charge in [0.1, 0.15) is 0 Å². The van der Waals surface area contributed by atoms with Crippen LogP contribution in [0.2, 0.25) is 0 Å². The lowest BCUT2D eigenvalue weighted by molar-refractivity contribution is 0.0176. The Morgan fingerprint density at radius 3 is 1.59 bits per heavy atom. The Balaban J connectivity index is 3.07. The Bertz CT molecular complexity index is 317. The third-order valence-electron chi connectivity index (χ3n) is 3.98. The molecule has 0 saturated carbocycles. The topological polar surface area (TPSA) is 42.0 Å². The van der Waals surface area contributed by atoms with Crippen LogP contribution < -0.4 is 0 Å². The van der Waals surface area contributed by atoms with Crippen molar-refractivity contribution in [1.29, 1.82) is 0 Å². The number of ether oxygens (including phenoxy) is 2. The fraction of sp³-hybridized carbons (Fsp3) is 0.933. The molecule has 7 heteroatoms. The van der Waals surface area contributed by atoms with Crippen LogP contribution in [0.1, 0.15) is 39.5 Å². The number of urea groups is 1. The summed E-state index contributed by atoms with van der Waals surface area (Å²) >= 11 is 0. The van der Waals surface area contributed by atoms with Gasteiger partial charge in [0, 0.05) is 14.2 Å². The second-order valence-electron chi connectivity index (χ2n) is 5.59. The van der Waals surface area contributed by atoms with Gasteiger partial charge < -0.3 is 9.47 Å². The lowest BCUT2D eigenvalue weighted by atomic mass is 9.98. The number of nitrogens with zero attached hydrogens (tertiary/aromatic N) is 2. The first kappa shape index (κ1) is 19.1. The summed E-state index contributed by atoms with van der Waals surface area (Å²) in [6, 6.07) is -1.28. The number of carbonyl (C=O) groups is 1. The highest BCUT2D eigenvalue weighted by Crippen LogP contribution is 2.33. The molecule has 1 fully saturated rings. The molecule has 0 bridgehead atoms. The predicted octanol–water partition coefficient (Wildman–Crippen LogP) is 2.95. The van der Waals surface area contributed by atoms with Gasteiger partial charge in [-0.05, 0) is 12.8 Å². The van der Waals surface area contributed by atoms with E-state index in [1.54, 1.807) is 0 Å². The highest BCUT2D eigenvalue weighted by atomic mass is 19.1. The standard InChI is InChI=1S/C15H28F2N2O3/c1-5-7-11-12(8-6-2)19(14(17)10-22-4)15(20)18(11)13(16)9-21-3/h11-14H,5-10H2,1-4H3. The van der Waals surface area contributed by atoms with Gasteiger partial charge in [-0.2, -0.15) is 0 Å². The van der Waals surface area contributed by atoms with Gasteiger partial charge in [-0.1, -0.05) is 26.7 Å². The van der Waals surface area contributed by atoms with Crippen molar-refractivity contribution >= 4 is 6.03 Å². The SMILES string of the molecule is CCCC1C(CCC)N(C(F)COC)C(=O)N1C(F)COC. The number of hydrogen-bond donors (Lipinski definition) is 0. The molecule has 0 spiro atoms. The molecule has 130 valence electrons. The predicted molar refractivity (Wildman–Crippen MR) is 80.0 cm³/mol. The molecular formula is C15H28F2N2O3. The highest BCUT2D eigenvalue weighted by Gasteiger charge is 2.50. The van der Waals surface area contributed by atoms with Crippen LogP contribution in [0.25, 0.3) is 0 Å². The quantitative estimate of drug-likeness (QED) is 0.581. The van der Waals surface area contributed by atoms with Crippen molar-refractivity contribution in [3.05, 3.63) is 0 Å². The van der Waals surface area contributed by atoms with Gasteiger partial charge in [-0.15, -0.1) is 0 Å². The maximum Gasteiger partial charge on any atom is 0.325 e. The molecule has 0 N–H and O–H groups in total. The van der Waals surface area contributed by atoms with Crippen molar-refractivity contribution < 1.29 is 23.0 Å². The zero-order valence-corrected chi connectivity index (χ0v) is 13.9. The maximum absolute atomic E-state index is 14.4. The third kappa shape index (κ3) is 4.07. The summed E-state index contributed by atoms with van der Waals surface area (Å²) in [6.07, 6.45) is -0.262. The largest absolute Gasteiger partial charge is 0.380 e. The molecule has 0 aliphatic carbocycles. The van der Waals surface area contributed by atoms with E-state index in [4.69, 9.17) is 9.47 Å². The van der Waals surface area contributed by atoms with E-state index >= 15 is 0 Å². The molecule has 0 aromatic carbocycles. The van der Waals surface area contributed by atoms with Gasteiger partial charge >= 0.3 is 6.03 Å². The molecular weight excluding hydrogens is 294 g/mol. The molecule has 1 saturated heterocycles. The molecule has 1 rings (SSSR count). The first-order valence-corrected chi connectivity index (χ1v) is 7.89. The van der Waals surface area contributed by atoms with Crippen LogP contribution in [-0.4, -0.2) is 67.9 Å². The summed E-state index contributed by atoms with van der Waals surface area (Å²) in [5, 5.41) is 0. The minimum Gasteiger partial charge on any atom is -0.380 e. The fourth-order valence-electron chi connectivity index (χ4n) is 3.13. The van der Waals surface area contributed by atoms with Crippen LogP contribution in [0.15, 0.2) is 0 Å². The third-order valence-corrected chi connectivity index (χ3v) is 3.98. The van der Waals surface area contributed by atoms with E-state index in [1.807, 2.05) is 13.8 Å². The molecule has 0 radical (unpaired) electrons. The number of carbonyl (C=O) groups excluding carboxylic acids is 1. The van der Waals surface area contributed by atoms with Crippen molar-refractivity contribution in [3.8, 4) is 0 Å². The number of halogens is 2. The molecule has 4 atom stereocenters. The van der Waals surface area contributed by atoms with Crippen molar-refractivity contribution in [2.45, 2.75) is 64.2 Å². The Hall–Kier alpha value is -0.950. The first-order chi connectivity index (χ1) is 10.5. The highest BCUT2D eigenvalue weighted by molar-refractivity contribution is 5.78. The molecule has 0 aromatic rings. The second-order valence-corrected chi connectivity index (χ2v) is 5.59. The summed E-state index contributed by atoms with van der Waals surface area (Å²) in [7, 11) is 2.76. The zero-order chi connectivity index (χ0) is 16.7. The molecule has 1 heterocycles. The Labute approximate surface area is 131 Å². The van der Waals surface area contributed by atoms with Crippen molar-refractivity contribution in [2.75, 3.05) is 27.4 Å². The molecule has 5 nitrogen and oxygen atoms in total. The number of alkyl halides is 2. The maximum atomic E-state index is 14.4. The molecule has 22 heavy (non-hydrogen) atoms. The zero-order valence-electron chi connectivity index (χ0n) is 13.9. The Kier molecular flexibility index (Phi) is 8.03. The van der Waals surface area contributed by atoms with Crippen molar-refractivity contribution in [3.63, 3.8) is 0 Å². The van der Waals surface area contributed by atoms with Crippen LogP contribution >= 0.6 is 0 Å². The molecule has 2 amide bonds. The lowest BCUT2D eigenvalue weighted by Gasteiger charge is -2.29. The number of methoxy groups -OCH3 is 2. The van der Waals surface area contributed by atoms with E-state index in [9.17, 15) is 13.6 Å². The van der Waals surface area contributed by atoms with Crippen LogP contribution in [0.4, 0.5) is 13.6 Å². The van der Waals surface area contributed by atoms with Gasteiger partial charge in [-0.3, -0.25) is 9.80 Å². The lowest BCUT2D eigenvalue weighted by Crippen LogP contribution is -2.44. The number of hydrogen-bond acceptors (Lipinski definition) is 3. The fourth-order valence-corrected chi connectivity index (χ4v) is 3.13. The van der Waals surface area contributed by atoms with E-state index < -0.39 is 18.6 Å². The number of amides is 2. The van der Waals surface area contributed by atoms with Crippen LogP contribution in [-0.2, 0) is 9.47 Å². The smallest absolute Gasteiger partial charge is 0.325 e. The minimum atomic E-state index is -1.56. The van der Waals surface area contributed by atoms with Gasteiger partial charge in [0.25, 0.3) is 0 Å². The summed E-state index contributed by atoms with van der Waals surface area (Å²) in [5.74, 6) is 0. The summed E-state index contributed by atoms with van der Waals surface area (Å²) in [5.41, 5.74) is 0. The van der Waals surface area contributed by atoms with Crippen LogP contribution in [0, 0.1) is 0 Å². The van der Waals surface area contributed by atoms with Crippen molar-refractivity contribution in [2.24, 2.45) is 0 Å². The minimum absolute atomic E-state index is 0.208. The number of rotatable bonds is 10. The average Bonchev–Trinajstić information content (AvgIpc) is 2.73. The summed E-state index contributed by atoms with van der Waals surface area (Å²) < 4.78 is 38.4. The average molecular weight is 322 g/mol. The monoisotopic (exact) mass is 322 g/mol. The normalized spacial score (nSPS) is 24.9. The van der Waals surface area contributed by atoms with Crippen LogP contribution in [0.3, 0.4) is 0 Å². The molecule has 1 aliphatic heterocycles. The molecule has 0 aromatic heterocycles. The van der Waals surface area contributed by atoms with Gasteiger partial charge in [0.15, 0.2) is 12.6 Å². The first-order valence-electron chi connectivity index (χ1n) is 7.89. The van der Waals surface area contributed by atoms with Crippen LogP contribution in [0.5, 0.6) is 0 Å². The molecule has 1 aliphatic rings. The summed E-state index contributed by atoms with van der Waals surface area (Å²) in [6.45, 7) is 3.53. The Morgan fingerprint density at radius 1 is 0.955 bits per heavy atom. The van der Waals surface area contributed by atoms with E-state index in [1.165, 1.54) is 14.2 Å². The molecule has 4 unspecified atom stereocenters. The van der Waals surface area contributed by atoms with Gasteiger partial charge in [0.2, 0.25) is 0 Å². The second kappa shape index (κ2) is 9.25. The van der Waals surface area contributed by atoms with E-state index in [0.717, 1.165) is 22.6 Å².